The van der Waals surface area contributed by atoms with Gasteiger partial charge in [-0.1, -0.05) is 23.4 Å². The predicted molar refractivity (Wildman–Crippen MR) is 92.3 cm³/mol. The van der Waals surface area contributed by atoms with E-state index in [9.17, 15) is 9.59 Å². The lowest BCUT2D eigenvalue weighted by Gasteiger charge is -2.10. The second-order valence-electron chi connectivity index (χ2n) is 4.72. The molecule has 0 fully saturated rings. The fraction of sp³-hybridized carbons (Fsp3) is 0.200. The van der Waals surface area contributed by atoms with Crippen molar-refractivity contribution in [1.29, 1.82) is 0 Å². The predicted octanol–water partition coefficient (Wildman–Crippen LogP) is 3.37. The van der Waals surface area contributed by atoms with E-state index in [1.165, 1.54) is 24.9 Å². The van der Waals surface area contributed by atoms with Crippen LogP contribution in [0.1, 0.15) is 23.0 Å². The molecule has 0 aliphatic carbocycles. The van der Waals surface area contributed by atoms with Gasteiger partial charge in [-0.25, -0.2) is 9.97 Å². The summed E-state index contributed by atoms with van der Waals surface area (Å²) in [5.74, 6) is -0.568. The maximum Gasteiger partial charge on any atom is 0.275 e. The third-order valence-electron chi connectivity index (χ3n) is 2.91. The summed E-state index contributed by atoms with van der Waals surface area (Å²) >= 11 is 7.31. The van der Waals surface area contributed by atoms with Crippen molar-refractivity contribution in [3.8, 4) is 0 Å². The van der Waals surface area contributed by atoms with Crippen molar-refractivity contribution in [2.75, 3.05) is 16.9 Å². The number of rotatable bonds is 4. The third kappa shape index (κ3) is 4.43. The molecule has 8 heteroatoms. The van der Waals surface area contributed by atoms with Crippen molar-refractivity contribution in [2.45, 2.75) is 19.0 Å². The minimum atomic E-state index is -0.417. The molecule has 2 amide bonds. The second-order valence-corrected chi connectivity index (χ2v) is 5.90. The molecule has 0 spiro atoms. The molecular formula is C15H15ClN4O2S. The first kappa shape index (κ1) is 17.2. The molecule has 120 valence electrons. The summed E-state index contributed by atoms with van der Waals surface area (Å²) in [6.07, 6.45) is 3.22. The number of hydrogen-bond acceptors (Lipinski definition) is 5. The molecule has 0 unspecified atom stereocenters. The molecule has 0 bridgehead atoms. The minimum Gasteiger partial charge on any atom is -0.326 e. The van der Waals surface area contributed by atoms with Gasteiger partial charge in [-0.2, -0.15) is 0 Å². The highest BCUT2D eigenvalue weighted by atomic mass is 35.5. The van der Waals surface area contributed by atoms with Gasteiger partial charge in [-0.3, -0.25) is 9.59 Å². The van der Waals surface area contributed by atoms with Crippen molar-refractivity contribution >= 4 is 46.6 Å². The molecule has 0 atom stereocenters. The second kappa shape index (κ2) is 7.43. The Kier molecular flexibility index (Phi) is 5.57. The highest BCUT2D eigenvalue weighted by molar-refractivity contribution is 7.98. The van der Waals surface area contributed by atoms with E-state index in [-0.39, 0.29) is 16.6 Å². The summed E-state index contributed by atoms with van der Waals surface area (Å²) in [6.45, 7) is 3.28. The van der Waals surface area contributed by atoms with E-state index < -0.39 is 5.91 Å². The molecular weight excluding hydrogens is 336 g/mol. The Balaban J connectivity index is 2.20. The fourth-order valence-electron chi connectivity index (χ4n) is 1.87. The van der Waals surface area contributed by atoms with Crippen LogP contribution in [0.4, 0.5) is 11.4 Å². The summed E-state index contributed by atoms with van der Waals surface area (Å²) in [5, 5.41) is 6.11. The van der Waals surface area contributed by atoms with Gasteiger partial charge >= 0.3 is 0 Å². The van der Waals surface area contributed by atoms with E-state index in [0.717, 1.165) is 5.56 Å². The number of halogens is 1. The first-order valence-corrected chi connectivity index (χ1v) is 8.27. The lowest BCUT2D eigenvalue weighted by atomic mass is 10.1. The van der Waals surface area contributed by atoms with Gasteiger partial charge in [-0.05, 0) is 36.9 Å². The first-order valence-electron chi connectivity index (χ1n) is 6.67. The van der Waals surface area contributed by atoms with Gasteiger partial charge in [0.25, 0.3) is 5.91 Å². The van der Waals surface area contributed by atoms with Gasteiger partial charge in [0.05, 0.1) is 11.2 Å². The molecule has 0 radical (unpaired) electrons. The molecule has 6 nitrogen and oxygen atoms in total. The Morgan fingerprint density at radius 2 is 2.00 bits per heavy atom. The van der Waals surface area contributed by atoms with Crippen LogP contribution in [-0.4, -0.2) is 28.0 Å². The van der Waals surface area contributed by atoms with Crippen molar-refractivity contribution in [2.24, 2.45) is 0 Å². The minimum absolute atomic E-state index is 0.120. The number of hydrogen-bond donors (Lipinski definition) is 2. The zero-order valence-corrected chi connectivity index (χ0v) is 14.4. The molecule has 1 heterocycles. The van der Waals surface area contributed by atoms with Gasteiger partial charge in [0.1, 0.15) is 0 Å². The van der Waals surface area contributed by atoms with Crippen LogP contribution in [0.25, 0.3) is 0 Å². The summed E-state index contributed by atoms with van der Waals surface area (Å²) < 4.78 is 0. The smallest absolute Gasteiger partial charge is 0.275 e. The van der Waals surface area contributed by atoms with Crippen LogP contribution < -0.4 is 10.6 Å². The van der Waals surface area contributed by atoms with Crippen molar-refractivity contribution < 1.29 is 9.59 Å². The van der Waals surface area contributed by atoms with E-state index in [1.807, 2.05) is 13.2 Å². The van der Waals surface area contributed by atoms with Crippen LogP contribution in [0.15, 0.2) is 29.6 Å². The van der Waals surface area contributed by atoms with Crippen LogP contribution in [-0.2, 0) is 4.79 Å². The molecule has 2 aromatic rings. The molecule has 0 aliphatic rings. The highest BCUT2D eigenvalue weighted by Crippen LogP contribution is 2.22. The van der Waals surface area contributed by atoms with Crippen LogP contribution >= 0.6 is 23.4 Å². The van der Waals surface area contributed by atoms with E-state index in [2.05, 4.69) is 20.6 Å². The quantitative estimate of drug-likeness (QED) is 0.652. The number of anilines is 2. The average Bonchev–Trinajstić information content (AvgIpc) is 2.50. The molecule has 0 saturated heterocycles. The number of thioether (sulfide) groups is 1. The van der Waals surface area contributed by atoms with Crippen molar-refractivity contribution in [3.05, 3.63) is 40.7 Å². The van der Waals surface area contributed by atoms with Gasteiger partial charge in [0.15, 0.2) is 10.9 Å². The lowest BCUT2D eigenvalue weighted by molar-refractivity contribution is -0.114. The number of nitrogens with zero attached hydrogens (tertiary/aromatic N) is 2. The van der Waals surface area contributed by atoms with Crippen LogP contribution in [0.3, 0.4) is 0 Å². The Labute approximate surface area is 143 Å². The topological polar surface area (TPSA) is 84.0 Å². The lowest BCUT2D eigenvalue weighted by Crippen LogP contribution is -2.15. The molecule has 1 aromatic carbocycles. The summed E-state index contributed by atoms with van der Waals surface area (Å²) in [4.78, 5) is 31.5. The number of benzene rings is 1. The average molecular weight is 351 g/mol. The van der Waals surface area contributed by atoms with Gasteiger partial charge < -0.3 is 10.6 Å². The summed E-state index contributed by atoms with van der Waals surface area (Å²) in [5.41, 5.74) is 2.23. The van der Waals surface area contributed by atoms with Gasteiger partial charge in [0, 0.05) is 18.3 Å². The number of aromatic nitrogens is 2. The number of aryl methyl sites for hydroxylation is 1. The SMILES string of the molecule is CSc1ncc(Cl)c(C(=O)Nc2ccc(NC(C)=O)c(C)c2)n1. The zero-order valence-electron chi connectivity index (χ0n) is 12.8. The largest absolute Gasteiger partial charge is 0.326 e. The van der Waals surface area contributed by atoms with Crippen molar-refractivity contribution in [1.82, 2.24) is 9.97 Å². The summed E-state index contributed by atoms with van der Waals surface area (Å²) in [6, 6.07) is 5.18. The number of nitrogens with one attached hydrogen (secondary N) is 2. The van der Waals surface area contributed by atoms with Gasteiger partial charge in [-0.15, -0.1) is 0 Å². The molecule has 0 aliphatic heterocycles. The van der Waals surface area contributed by atoms with E-state index in [0.29, 0.717) is 16.5 Å². The molecule has 2 N–H and O–H groups in total. The maximum absolute atomic E-state index is 12.3. The summed E-state index contributed by atoms with van der Waals surface area (Å²) in [7, 11) is 0. The monoisotopic (exact) mass is 350 g/mol. The maximum atomic E-state index is 12.3. The van der Waals surface area contributed by atoms with Crippen LogP contribution in [0, 0.1) is 6.92 Å². The Hall–Kier alpha value is -2.12. The number of carbonyl (C=O) groups excluding carboxylic acids is 2. The normalized spacial score (nSPS) is 10.3. The van der Waals surface area contributed by atoms with Crippen LogP contribution in [0.5, 0.6) is 0 Å². The number of amides is 2. The zero-order chi connectivity index (χ0) is 17.0. The standard InChI is InChI=1S/C15H15ClN4O2S/c1-8-6-10(4-5-12(8)18-9(2)21)19-14(22)13-11(16)7-17-15(20-13)23-3/h4-7H,1-3H3,(H,18,21)(H,19,22). The Morgan fingerprint density at radius 1 is 1.26 bits per heavy atom. The van der Waals surface area contributed by atoms with Gasteiger partial charge in [0.2, 0.25) is 5.91 Å². The number of carbonyl (C=O) groups is 2. The highest BCUT2D eigenvalue weighted by Gasteiger charge is 2.14. The van der Waals surface area contributed by atoms with E-state index in [4.69, 9.17) is 11.6 Å². The Morgan fingerprint density at radius 3 is 2.61 bits per heavy atom. The molecule has 2 rings (SSSR count). The molecule has 23 heavy (non-hydrogen) atoms. The molecule has 0 saturated carbocycles. The van der Waals surface area contributed by atoms with E-state index in [1.54, 1.807) is 18.2 Å². The van der Waals surface area contributed by atoms with Crippen LogP contribution in [0.2, 0.25) is 5.02 Å². The third-order valence-corrected chi connectivity index (χ3v) is 3.75. The van der Waals surface area contributed by atoms with Crippen molar-refractivity contribution in [3.63, 3.8) is 0 Å². The fourth-order valence-corrected chi connectivity index (χ4v) is 2.39. The van der Waals surface area contributed by atoms with E-state index >= 15 is 0 Å². The first-order chi connectivity index (χ1) is 10.9. The Bertz CT molecular complexity index is 767. The molecule has 1 aromatic heterocycles.